The summed E-state index contributed by atoms with van der Waals surface area (Å²) in [6.45, 7) is 5.50. The lowest BCUT2D eigenvalue weighted by molar-refractivity contribution is -0.132. The molecule has 5 rings (SSSR count). The Hall–Kier alpha value is -4.02. The van der Waals surface area contributed by atoms with Crippen LogP contribution in [0.3, 0.4) is 0 Å². The molecule has 0 aliphatic carbocycles. The zero-order chi connectivity index (χ0) is 32.1. The number of nitrogens with two attached hydrogens (primary N) is 1. The zero-order valence-electron chi connectivity index (χ0n) is 26.7. The van der Waals surface area contributed by atoms with Gasteiger partial charge in [-0.2, -0.15) is 5.10 Å². The van der Waals surface area contributed by atoms with Crippen LogP contribution in [-0.2, 0) is 35.8 Å². The minimum atomic E-state index is -1.28. The van der Waals surface area contributed by atoms with E-state index in [1.54, 1.807) is 17.8 Å². The van der Waals surface area contributed by atoms with Crippen LogP contribution < -0.4 is 11.1 Å². The Morgan fingerprint density at radius 1 is 1.22 bits per heavy atom. The molecule has 1 fully saturated rings. The van der Waals surface area contributed by atoms with Crippen LogP contribution in [0.2, 0.25) is 0 Å². The van der Waals surface area contributed by atoms with Crippen molar-refractivity contribution in [2.45, 2.75) is 77.1 Å². The molecule has 2 amide bonds. The van der Waals surface area contributed by atoms with Crippen LogP contribution in [0.5, 0.6) is 0 Å². The highest BCUT2D eigenvalue weighted by Gasteiger charge is 2.28. The molecule has 10 heteroatoms. The smallest absolute Gasteiger partial charge is 0.273 e. The summed E-state index contributed by atoms with van der Waals surface area (Å²) in [5.41, 5.74) is 14.0. The third kappa shape index (κ3) is 7.62. The number of H-pyrrole nitrogens is 1. The maximum absolute atomic E-state index is 13.8. The SMILES string of the molecule is CCc1cc(C(=O)Nc2ccc(CC(N)CC(=O)N3CCCC(c4[nH]c5c(CCC(F)OC)cccc5c4C)C3)cc2)n(C)n1. The van der Waals surface area contributed by atoms with Crippen molar-refractivity contribution in [3.8, 4) is 0 Å². The average Bonchev–Trinajstić information content (AvgIpc) is 3.60. The fourth-order valence-electron chi connectivity index (χ4n) is 6.44. The Bertz CT molecular complexity index is 1630. The number of halogens is 1. The number of hydrogen-bond donors (Lipinski definition) is 3. The van der Waals surface area contributed by atoms with E-state index in [-0.39, 0.29) is 30.2 Å². The first-order valence-corrected chi connectivity index (χ1v) is 15.9. The number of nitrogens with one attached hydrogen (secondary N) is 2. The molecule has 0 saturated carbocycles. The van der Waals surface area contributed by atoms with Gasteiger partial charge >= 0.3 is 0 Å². The molecular weight excluding hydrogens is 571 g/mol. The van der Waals surface area contributed by atoms with Crippen LogP contribution >= 0.6 is 0 Å². The van der Waals surface area contributed by atoms with Crippen LogP contribution in [0.4, 0.5) is 10.1 Å². The van der Waals surface area contributed by atoms with Crippen molar-refractivity contribution in [2.24, 2.45) is 12.8 Å². The number of methoxy groups -OCH3 is 1. The van der Waals surface area contributed by atoms with Gasteiger partial charge in [0.1, 0.15) is 5.69 Å². The fourth-order valence-corrected chi connectivity index (χ4v) is 6.44. The van der Waals surface area contributed by atoms with Crippen molar-refractivity contribution in [1.29, 1.82) is 0 Å². The number of rotatable bonds is 12. The molecular formula is C35H45FN6O3. The summed E-state index contributed by atoms with van der Waals surface area (Å²) in [7, 11) is 3.15. The van der Waals surface area contributed by atoms with E-state index in [0.717, 1.165) is 59.2 Å². The molecule has 2 aromatic heterocycles. The number of amides is 2. The van der Waals surface area contributed by atoms with Crippen molar-refractivity contribution in [3.05, 3.63) is 82.3 Å². The minimum Gasteiger partial charge on any atom is -0.358 e. The lowest BCUT2D eigenvalue weighted by atomic mass is 9.91. The quantitative estimate of drug-likeness (QED) is 0.193. The minimum absolute atomic E-state index is 0.0710. The topological polar surface area (TPSA) is 118 Å². The molecule has 4 N–H and O–H groups in total. The van der Waals surface area contributed by atoms with Crippen molar-refractivity contribution in [3.63, 3.8) is 0 Å². The van der Waals surface area contributed by atoms with Crippen LogP contribution in [-0.4, -0.2) is 64.1 Å². The monoisotopic (exact) mass is 616 g/mol. The molecule has 0 spiro atoms. The third-order valence-corrected chi connectivity index (χ3v) is 8.97. The van der Waals surface area contributed by atoms with Gasteiger partial charge in [-0.15, -0.1) is 0 Å². The molecule has 9 nitrogen and oxygen atoms in total. The number of benzene rings is 2. The van der Waals surface area contributed by atoms with Crippen molar-refractivity contribution in [2.75, 3.05) is 25.5 Å². The molecule has 1 saturated heterocycles. The summed E-state index contributed by atoms with van der Waals surface area (Å²) in [6.07, 6.45) is 3.13. The summed E-state index contributed by atoms with van der Waals surface area (Å²) in [4.78, 5) is 31.7. The number of nitrogens with zero attached hydrogens (tertiary/aromatic N) is 3. The maximum atomic E-state index is 13.8. The number of fused-ring (bicyclic) bond motifs is 1. The van der Waals surface area contributed by atoms with Gasteiger partial charge in [-0.3, -0.25) is 14.3 Å². The Balaban J connectivity index is 1.16. The summed E-state index contributed by atoms with van der Waals surface area (Å²) in [6, 6.07) is 15.2. The van der Waals surface area contributed by atoms with Crippen LogP contribution in [0, 0.1) is 6.92 Å². The number of piperidine rings is 1. The Morgan fingerprint density at radius 3 is 2.71 bits per heavy atom. The molecule has 1 aliphatic heterocycles. The lowest BCUT2D eigenvalue weighted by Crippen LogP contribution is -2.42. The lowest BCUT2D eigenvalue weighted by Gasteiger charge is -2.33. The highest BCUT2D eigenvalue weighted by molar-refractivity contribution is 6.03. The highest BCUT2D eigenvalue weighted by Crippen LogP contribution is 2.34. The van der Waals surface area contributed by atoms with Gasteiger partial charge in [0.25, 0.3) is 5.91 Å². The van der Waals surface area contributed by atoms with Gasteiger partial charge in [0, 0.05) is 74.3 Å². The van der Waals surface area contributed by atoms with Crippen molar-refractivity contribution < 1.29 is 18.7 Å². The van der Waals surface area contributed by atoms with E-state index in [1.165, 1.54) is 12.7 Å². The molecule has 3 unspecified atom stereocenters. The number of para-hydroxylation sites is 1. The van der Waals surface area contributed by atoms with E-state index in [1.807, 2.05) is 48.2 Å². The fraction of sp³-hybridized carbons (Fsp3) is 0.457. The summed E-state index contributed by atoms with van der Waals surface area (Å²) >= 11 is 0. The van der Waals surface area contributed by atoms with E-state index in [0.29, 0.717) is 37.2 Å². The number of aromatic nitrogens is 3. The highest BCUT2D eigenvalue weighted by atomic mass is 19.1. The first-order valence-electron chi connectivity index (χ1n) is 15.9. The molecule has 3 atom stereocenters. The number of aromatic amines is 1. The number of carbonyl (C=O) groups is 2. The zero-order valence-corrected chi connectivity index (χ0v) is 26.7. The summed E-state index contributed by atoms with van der Waals surface area (Å²) in [5, 5.41) is 8.41. The molecule has 3 heterocycles. The van der Waals surface area contributed by atoms with Crippen molar-refractivity contribution >= 4 is 28.4 Å². The molecule has 240 valence electrons. The second-order valence-electron chi connectivity index (χ2n) is 12.2. The van der Waals surface area contributed by atoms with Gasteiger partial charge in [-0.05, 0) is 73.9 Å². The molecule has 0 bridgehead atoms. The second-order valence-corrected chi connectivity index (χ2v) is 12.2. The molecule has 1 aliphatic rings. The van der Waals surface area contributed by atoms with E-state index >= 15 is 0 Å². The number of alkyl halides is 1. The normalized spacial score (nSPS) is 16.6. The van der Waals surface area contributed by atoms with E-state index < -0.39 is 6.36 Å². The van der Waals surface area contributed by atoms with Gasteiger partial charge in [0.05, 0.1) is 5.69 Å². The summed E-state index contributed by atoms with van der Waals surface area (Å²) in [5.74, 6) is 0.0659. The number of anilines is 1. The average molecular weight is 617 g/mol. The number of ether oxygens (including phenoxy) is 1. The molecule has 45 heavy (non-hydrogen) atoms. The molecule has 0 radical (unpaired) electrons. The van der Waals surface area contributed by atoms with Gasteiger partial charge < -0.3 is 25.7 Å². The maximum Gasteiger partial charge on any atom is 0.273 e. The molecule has 2 aromatic carbocycles. The van der Waals surface area contributed by atoms with Crippen molar-refractivity contribution in [1.82, 2.24) is 19.7 Å². The van der Waals surface area contributed by atoms with E-state index in [9.17, 15) is 14.0 Å². The first kappa shape index (κ1) is 32.4. The summed E-state index contributed by atoms with van der Waals surface area (Å²) < 4.78 is 20.2. The van der Waals surface area contributed by atoms with Gasteiger partial charge in [-0.1, -0.05) is 37.3 Å². The van der Waals surface area contributed by atoms with E-state index in [4.69, 9.17) is 10.5 Å². The largest absolute Gasteiger partial charge is 0.358 e. The third-order valence-electron chi connectivity index (χ3n) is 8.97. The second kappa shape index (κ2) is 14.4. The van der Waals surface area contributed by atoms with E-state index in [2.05, 4.69) is 28.4 Å². The number of aryl methyl sites for hydroxylation is 4. The van der Waals surface area contributed by atoms with Crippen LogP contribution in [0.25, 0.3) is 10.9 Å². The number of hydrogen-bond acceptors (Lipinski definition) is 5. The van der Waals surface area contributed by atoms with Gasteiger partial charge in [0.2, 0.25) is 5.91 Å². The standard InChI is InChI=1S/C35H45FN6O3/c1-5-27-20-30(41(3)40-27)35(44)38-28-14-11-23(12-15-28)18-26(37)19-32(43)42-17-7-9-25(21-42)33-22(2)29-10-6-8-24(34(29)39-33)13-16-31(36)45-4/h6,8,10-12,14-15,20,25-26,31,39H,5,7,9,13,16-19,21,37H2,1-4H3,(H,38,44). The predicted octanol–water partition coefficient (Wildman–Crippen LogP) is 5.57. The molecule has 4 aromatic rings. The number of carbonyl (C=O) groups excluding carboxylic acids is 2. The van der Waals surface area contributed by atoms with Crippen LogP contribution in [0.1, 0.15) is 77.1 Å². The van der Waals surface area contributed by atoms with Gasteiger partial charge in [0.15, 0.2) is 6.36 Å². The Kier molecular flexibility index (Phi) is 10.4. The Morgan fingerprint density at radius 2 is 2.00 bits per heavy atom. The predicted molar refractivity (Wildman–Crippen MR) is 175 cm³/mol. The number of likely N-dealkylation sites (tertiary alicyclic amines) is 1. The Labute approximate surface area is 264 Å². The van der Waals surface area contributed by atoms with Crippen LogP contribution in [0.15, 0.2) is 48.5 Å². The van der Waals surface area contributed by atoms with Gasteiger partial charge in [-0.25, -0.2) is 4.39 Å². The first-order chi connectivity index (χ1) is 21.7.